The zero-order valence-corrected chi connectivity index (χ0v) is 6.05. The van der Waals surface area contributed by atoms with Gasteiger partial charge in [0, 0.05) is 6.42 Å². The molecule has 0 heterocycles. The van der Waals surface area contributed by atoms with Crippen molar-refractivity contribution in [2.24, 2.45) is 5.92 Å². The molecule has 57 valence electrons. The van der Waals surface area contributed by atoms with Gasteiger partial charge in [-0.1, -0.05) is 0 Å². The molecule has 1 radical (unpaired) electrons. The van der Waals surface area contributed by atoms with Crippen LogP contribution in [0.15, 0.2) is 0 Å². The smallest absolute Gasteiger partial charge is 0.198 e. The van der Waals surface area contributed by atoms with E-state index in [2.05, 4.69) is 0 Å². The summed E-state index contributed by atoms with van der Waals surface area (Å²) in [5.74, 6) is 0.501. The summed E-state index contributed by atoms with van der Waals surface area (Å²) in [5.41, 5.74) is 0. The molecule has 0 aromatic carbocycles. The third-order valence-electron chi connectivity index (χ3n) is 2.19. The maximum Gasteiger partial charge on any atom is 0.198 e. The highest BCUT2D eigenvalue weighted by Gasteiger charge is 2.18. The van der Waals surface area contributed by atoms with Crippen LogP contribution in [0.4, 0.5) is 0 Å². The number of aliphatic hydroxyl groups is 1. The molecule has 1 fully saturated rings. The van der Waals surface area contributed by atoms with Crippen LogP contribution in [0.3, 0.4) is 0 Å². The van der Waals surface area contributed by atoms with Crippen molar-refractivity contribution < 1.29 is 9.90 Å². The highest BCUT2D eigenvalue weighted by Crippen LogP contribution is 2.25. The van der Waals surface area contributed by atoms with Crippen molar-refractivity contribution in [1.82, 2.24) is 0 Å². The summed E-state index contributed by atoms with van der Waals surface area (Å²) in [4.78, 5) is 9.97. The summed E-state index contributed by atoms with van der Waals surface area (Å²) in [6, 6.07) is 0. The molecule has 0 unspecified atom stereocenters. The summed E-state index contributed by atoms with van der Waals surface area (Å²) < 4.78 is 0. The van der Waals surface area contributed by atoms with Gasteiger partial charge in [-0.05, 0) is 31.6 Å². The Labute approximate surface area is 61.2 Å². The molecule has 0 bridgehead atoms. The first kappa shape index (κ1) is 7.73. The summed E-state index contributed by atoms with van der Waals surface area (Å²) in [6.45, 7) is 0. The lowest BCUT2D eigenvalue weighted by Crippen LogP contribution is -2.18. The average Bonchev–Trinajstić information content (AvgIpc) is 1.95. The molecule has 1 aliphatic carbocycles. The van der Waals surface area contributed by atoms with E-state index in [0.29, 0.717) is 12.3 Å². The number of rotatable bonds is 2. The van der Waals surface area contributed by atoms with Gasteiger partial charge >= 0.3 is 0 Å². The second-order valence-electron chi connectivity index (χ2n) is 3.02. The van der Waals surface area contributed by atoms with E-state index in [1.54, 1.807) is 0 Å². The summed E-state index contributed by atoms with van der Waals surface area (Å²) >= 11 is 0. The number of aliphatic hydroxyl groups excluding tert-OH is 1. The fraction of sp³-hybridized carbons (Fsp3) is 0.875. The van der Waals surface area contributed by atoms with E-state index in [-0.39, 0.29) is 6.10 Å². The predicted molar refractivity (Wildman–Crippen MR) is 38.3 cm³/mol. The van der Waals surface area contributed by atoms with E-state index in [1.165, 1.54) is 0 Å². The van der Waals surface area contributed by atoms with Crippen LogP contribution in [-0.4, -0.2) is 17.5 Å². The molecule has 10 heavy (non-hydrogen) atoms. The quantitative estimate of drug-likeness (QED) is 0.623. The second kappa shape index (κ2) is 3.71. The summed E-state index contributed by atoms with van der Waals surface area (Å²) in [7, 11) is 0. The van der Waals surface area contributed by atoms with Gasteiger partial charge in [-0.3, -0.25) is 4.79 Å². The van der Waals surface area contributed by atoms with Crippen molar-refractivity contribution in [2.45, 2.75) is 38.2 Å². The lowest BCUT2D eigenvalue weighted by atomic mass is 9.86. The van der Waals surface area contributed by atoms with Crippen molar-refractivity contribution in [3.63, 3.8) is 0 Å². The van der Waals surface area contributed by atoms with Gasteiger partial charge in [0.2, 0.25) is 0 Å². The molecule has 0 atom stereocenters. The van der Waals surface area contributed by atoms with Gasteiger partial charge in [-0.25, -0.2) is 0 Å². The Bertz CT molecular complexity index is 104. The Hall–Kier alpha value is -0.370. The minimum Gasteiger partial charge on any atom is -0.393 e. The van der Waals surface area contributed by atoms with Gasteiger partial charge in [-0.2, -0.15) is 0 Å². The molecule has 0 spiro atoms. The molecular weight excluding hydrogens is 128 g/mol. The fourth-order valence-electron chi connectivity index (χ4n) is 1.47. The van der Waals surface area contributed by atoms with E-state index >= 15 is 0 Å². The Balaban J connectivity index is 2.19. The van der Waals surface area contributed by atoms with E-state index in [9.17, 15) is 4.79 Å². The molecule has 0 aromatic heterocycles. The first-order valence-corrected chi connectivity index (χ1v) is 3.86. The van der Waals surface area contributed by atoms with Crippen LogP contribution >= 0.6 is 0 Å². The monoisotopic (exact) mass is 141 g/mol. The zero-order valence-electron chi connectivity index (χ0n) is 6.05. The Kier molecular flexibility index (Phi) is 2.87. The minimum absolute atomic E-state index is 0.108. The highest BCUT2D eigenvalue weighted by atomic mass is 16.3. The molecule has 1 rings (SSSR count). The van der Waals surface area contributed by atoms with E-state index in [1.807, 2.05) is 6.29 Å². The van der Waals surface area contributed by atoms with Crippen LogP contribution in [-0.2, 0) is 4.79 Å². The molecule has 0 aromatic rings. The van der Waals surface area contributed by atoms with Gasteiger partial charge < -0.3 is 5.11 Å². The van der Waals surface area contributed by atoms with Crippen LogP contribution in [0.1, 0.15) is 32.1 Å². The molecule has 0 aliphatic heterocycles. The SMILES string of the molecule is O=[C]CC1CCC(O)CC1. The van der Waals surface area contributed by atoms with E-state index in [4.69, 9.17) is 5.11 Å². The van der Waals surface area contributed by atoms with Gasteiger partial charge in [0.05, 0.1) is 6.10 Å². The number of carbonyl (C=O) groups excluding carboxylic acids is 1. The largest absolute Gasteiger partial charge is 0.393 e. The Morgan fingerprint density at radius 2 is 1.90 bits per heavy atom. The van der Waals surface area contributed by atoms with E-state index < -0.39 is 0 Å². The van der Waals surface area contributed by atoms with Crippen LogP contribution in [0.5, 0.6) is 0 Å². The van der Waals surface area contributed by atoms with Crippen molar-refractivity contribution in [3.05, 3.63) is 0 Å². The third kappa shape index (κ3) is 2.10. The molecule has 2 heteroatoms. The molecule has 0 saturated heterocycles. The molecule has 1 aliphatic rings. The molecule has 1 N–H and O–H groups in total. The number of hydrogen-bond acceptors (Lipinski definition) is 2. The van der Waals surface area contributed by atoms with Crippen molar-refractivity contribution in [2.75, 3.05) is 0 Å². The lowest BCUT2D eigenvalue weighted by molar-refractivity contribution is 0.110. The Morgan fingerprint density at radius 1 is 1.30 bits per heavy atom. The van der Waals surface area contributed by atoms with Crippen LogP contribution in [0, 0.1) is 5.92 Å². The van der Waals surface area contributed by atoms with Gasteiger partial charge in [0.1, 0.15) is 0 Å². The van der Waals surface area contributed by atoms with Crippen LogP contribution in [0.25, 0.3) is 0 Å². The molecule has 2 nitrogen and oxygen atoms in total. The van der Waals surface area contributed by atoms with Gasteiger partial charge in [0.25, 0.3) is 0 Å². The first-order chi connectivity index (χ1) is 4.83. The predicted octanol–water partition coefficient (Wildman–Crippen LogP) is 1.04. The van der Waals surface area contributed by atoms with Crippen molar-refractivity contribution >= 4 is 6.29 Å². The van der Waals surface area contributed by atoms with Crippen molar-refractivity contribution in [1.29, 1.82) is 0 Å². The lowest BCUT2D eigenvalue weighted by Gasteiger charge is -2.23. The highest BCUT2D eigenvalue weighted by molar-refractivity contribution is 5.50. The van der Waals surface area contributed by atoms with Gasteiger partial charge in [0.15, 0.2) is 6.29 Å². The second-order valence-corrected chi connectivity index (χ2v) is 3.02. The minimum atomic E-state index is -0.108. The third-order valence-corrected chi connectivity index (χ3v) is 2.19. The molecule has 0 amide bonds. The van der Waals surface area contributed by atoms with E-state index in [0.717, 1.165) is 25.7 Å². The van der Waals surface area contributed by atoms with Gasteiger partial charge in [-0.15, -0.1) is 0 Å². The summed E-state index contributed by atoms with van der Waals surface area (Å²) in [6.07, 6.45) is 6.10. The topological polar surface area (TPSA) is 37.3 Å². The maximum absolute atomic E-state index is 9.97. The standard InChI is InChI=1S/C8H13O2/c9-6-5-7-1-3-8(10)4-2-7/h7-8,10H,1-5H2. The first-order valence-electron chi connectivity index (χ1n) is 3.86. The normalized spacial score (nSPS) is 33.7. The number of hydrogen-bond donors (Lipinski definition) is 1. The fourth-order valence-corrected chi connectivity index (χ4v) is 1.47. The average molecular weight is 141 g/mol. The zero-order chi connectivity index (χ0) is 7.40. The Morgan fingerprint density at radius 3 is 2.40 bits per heavy atom. The van der Waals surface area contributed by atoms with Crippen LogP contribution < -0.4 is 0 Å². The maximum atomic E-state index is 9.97. The molecule has 1 saturated carbocycles. The summed E-state index contributed by atoms with van der Waals surface area (Å²) in [5, 5.41) is 9.10. The van der Waals surface area contributed by atoms with Crippen molar-refractivity contribution in [3.8, 4) is 0 Å². The van der Waals surface area contributed by atoms with Crippen LogP contribution in [0.2, 0.25) is 0 Å². The molecular formula is C8H13O2.